The van der Waals surface area contributed by atoms with Gasteiger partial charge in [0.25, 0.3) is 11.6 Å². The van der Waals surface area contributed by atoms with E-state index in [2.05, 4.69) is 22.1 Å². The summed E-state index contributed by atoms with van der Waals surface area (Å²) in [6.07, 6.45) is 1.68. The van der Waals surface area contributed by atoms with Gasteiger partial charge in [0.05, 0.1) is 17.2 Å². The molecule has 0 saturated carbocycles. The molecule has 1 saturated heterocycles. The largest absolute Gasteiger partial charge is 0.271 e. The minimum atomic E-state index is -0.435. The van der Waals surface area contributed by atoms with Crippen LogP contribution in [0.4, 0.5) is 5.69 Å². The van der Waals surface area contributed by atoms with E-state index in [4.69, 9.17) is 0 Å². The average Bonchev–Trinajstić information content (AvgIpc) is 3.14. The van der Waals surface area contributed by atoms with E-state index in [0.717, 1.165) is 21.6 Å². The van der Waals surface area contributed by atoms with Crippen molar-refractivity contribution in [3.8, 4) is 0 Å². The number of rotatable bonds is 7. The molecule has 168 valence electrons. The Bertz CT molecular complexity index is 1160. The molecule has 4 rings (SSSR count). The molecule has 0 bridgehead atoms. The predicted octanol–water partition coefficient (Wildman–Crippen LogP) is 5.08. The summed E-state index contributed by atoms with van der Waals surface area (Å²) < 4.78 is 0. The van der Waals surface area contributed by atoms with Crippen LogP contribution in [0, 0.1) is 10.1 Å². The second-order valence-electron chi connectivity index (χ2n) is 7.77. The van der Waals surface area contributed by atoms with E-state index in [9.17, 15) is 14.9 Å². The highest BCUT2D eigenvalue weighted by molar-refractivity contribution is 7.98. The van der Waals surface area contributed by atoms with E-state index in [-0.39, 0.29) is 24.3 Å². The van der Waals surface area contributed by atoms with Crippen LogP contribution in [-0.2, 0) is 11.3 Å². The minimum Gasteiger partial charge on any atom is -0.271 e. The summed E-state index contributed by atoms with van der Waals surface area (Å²) in [5.74, 6) is -0.0915. The van der Waals surface area contributed by atoms with Crippen molar-refractivity contribution in [1.82, 2.24) is 9.91 Å². The topological polar surface area (TPSA) is 79.0 Å². The third-order valence-corrected chi connectivity index (χ3v) is 6.31. The number of hydrogen-bond acceptors (Lipinski definition) is 6. The molecule has 1 fully saturated rings. The van der Waals surface area contributed by atoms with Gasteiger partial charge in [0.2, 0.25) is 0 Å². The van der Waals surface area contributed by atoms with Gasteiger partial charge in [-0.1, -0.05) is 42.5 Å². The first-order valence-corrected chi connectivity index (χ1v) is 11.7. The van der Waals surface area contributed by atoms with Crippen LogP contribution in [0.2, 0.25) is 0 Å². The molecular formula is C25H24N4O3S. The summed E-state index contributed by atoms with van der Waals surface area (Å²) >= 11 is 1.67. The van der Waals surface area contributed by atoms with Gasteiger partial charge in [-0.2, -0.15) is 5.10 Å². The van der Waals surface area contributed by atoms with Crippen molar-refractivity contribution in [2.24, 2.45) is 5.10 Å². The monoisotopic (exact) mass is 460 g/mol. The smallest absolute Gasteiger partial charge is 0.269 e. The Morgan fingerprint density at radius 2 is 1.73 bits per heavy atom. The molecular weight excluding hydrogens is 436 g/mol. The summed E-state index contributed by atoms with van der Waals surface area (Å²) in [5, 5.41) is 17.2. The molecule has 0 radical (unpaired) electrons. The van der Waals surface area contributed by atoms with Gasteiger partial charge in [0, 0.05) is 23.6 Å². The number of carbonyl (C=O) groups excluding carboxylic acids is 1. The van der Waals surface area contributed by atoms with Crippen LogP contribution in [0.1, 0.15) is 29.8 Å². The van der Waals surface area contributed by atoms with Gasteiger partial charge in [-0.05, 0) is 54.1 Å². The molecule has 0 aliphatic carbocycles. The predicted molar refractivity (Wildman–Crippen MR) is 130 cm³/mol. The van der Waals surface area contributed by atoms with Gasteiger partial charge in [-0.25, -0.2) is 5.01 Å². The third kappa shape index (κ3) is 5.13. The van der Waals surface area contributed by atoms with Crippen LogP contribution in [0.25, 0.3) is 0 Å². The number of non-ortho nitro benzene ring substituents is 1. The number of nitro benzene ring substituents is 1. The molecule has 0 unspecified atom stereocenters. The zero-order chi connectivity index (χ0) is 23.4. The van der Waals surface area contributed by atoms with E-state index in [1.807, 2.05) is 55.6 Å². The van der Waals surface area contributed by atoms with Gasteiger partial charge in [0.1, 0.15) is 6.17 Å². The van der Waals surface area contributed by atoms with Crippen molar-refractivity contribution < 1.29 is 9.72 Å². The Hall–Kier alpha value is -3.49. The Balaban J connectivity index is 1.68. The number of nitrogens with zero attached hydrogens (tertiary/aromatic N) is 4. The lowest BCUT2D eigenvalue weighted by molar-refractivity contribution is -0.384. The average molecular weight is 461 g/mol. The molecule has 33 heavy (non-hydrogen) atoms. The van der Waals surface area contributed by atoms with E-state index in [0.29, 0.717) is 12.3 Å². The van der Waals surface area contributed by atoms with Crippen molar-refractivity contribution in [2.45, 2.75) is 24.5 Å². The van der Waals surface area contributed by atoms with Crippen LogP contribution in [0.5, 0.6) is 0 Å². The SMILES string of the molecule is CSc1ccc([C@H]2N(Cc3ccccc3)CC(=O)N2/N=C(/C)c2ccc([N+](=O)[O-])cc2)cc1. The molecule has 0 aromatic heterocycles. The van der Waals surface area contributed by atoms with Gasteiger partial charge in [0.15, 0.2) is 0 Å². The Labute approximate surface area is 196 Å². The highest BCUT2D eigenvalue weighted by Gasteiger charge is 2.39. The van der Waals surface area contributed by atoms with E-state index < -0.39 is 4.92 Å². The molecule has 8 heteroatoms. The van der Waals surface area contributed by atoms with Crippen LogP contribution in [0.3, 0.4) is 0 Å². The highest BCUT2D eigenvalue weighted by atomic mass is 32.2. The number of nitro groups is 1. The van der Waals surface area contributed by atoms with Gasteiger partial charge >= 0.3 is 0 Å². The van der Waals surface area contributed by atoms with Crippen LogP contribution in [-0.4, -0.2) is 39.3 Å². The van der Waals surface area contributed by atoms with Gasteiger partial charge < -0.3 is 0 Å². The number of amides is 1. The van der Waals surface area contributed by atoms with Crippen molar-refractivity contribution >= 4 is 29.1 Å². The molecule has 3 aromatic rings. The van der Waals surface area contributed by atoms with Crippen molar-refractivity contribution in [3.63, 3.8) is 0 Å². The number of benzene rings is 3. The number of carbonyl (C=O) groups is 1. The normalized spacial score (nSPS) is 16.9. The molecule has 1 aliphatic heterocycles. The fraction of sp³-hybridized carbons (Fsp3) is 0.200. The maximum absolute atomic E-state index is 13.1. The van der Waals surface area contributed by atoms with E-state index in [1.165, 1.54) is 17.1 Å². The second kappa shape index (κ2) is 9.97. The van der Waals surface area contributed by atoms with Crippen LogP contribution < -0.4 is 0 Å². The molecule has 1 heterocycles. The minimum absolute atomic E-state index is 0.0181. The first-order valence-electron chi connectivity index (χ1n) is 10.5. The maximum atomic E-state index is 13.1. The number of hydrazone groups is 1. The summed E-state index contributed by atoms with van der Waals surface area (Å²) in [4.78, 5) is 26.8. The van der Waals surface area contributed by atoms with E-state index in [1.54, 1.807) is 23.9 Å². The standard InChI is InChI=1S/C25H24N4O3S/c1-18(20-8-12-22(13-9-20)29(31)32)26-28-24(30)17-27(16-19-6-4-3-5-7-19)25(28)21-10-14-23(33-2)15-11-21/h3-15,25H,16-17H2,1-2H3/b26-18-/t25-/m0/s1. The molecule has 0 spiro atoms. The molecule has 0 N–H and O–H groups in total. The molecule has 1 atom stereocenters. The van der Waals surface area contributed by atoms with Crippen molar-refractivity contribution in [1.29, 1.82) is 0 Å². The zero-order valence-electron chi connectivity index (χ0n) is 18.4. The molecule has 3 aromatic carbocycles. The number of thioether (sulfide) groups is 1. The lowest BCUT2D eigenvalue weighted by atomic mass is 10.1. The Morgan fingerprint density at radius 3 is 2.33 bits per heavy atom. The second-order valence-corrected chi connectivity index (χ2v) is 8.64. The highest BCUT2D eigenvalue weighted by Crippen LogP contribution is 2.34. The first-order chi connectivity index (χ1) is 16.0. The fourth-order valence-electron chi connectivity index (χ4n) is 3.87. The lowest BCUT2D eigenvalue weighted by Gasteiger charge is -2.28. The summed E-state index contributed by atoms with van der Waals surface area (Å²) in [6.45, 7) is 2.67. The summed E-state index contributed by atoms with van der Waals surface area (Å²) in [5.41, 5.74) is 3.46. The van der Waals surface area contributed by atoms with Crippen molar-refractivity contribution in [3.05, 3.63) is 106 Å². The quantitative estimate of drug-likeness (QED) is 0.213. The fourth-order valence-corrected chi connectivity index (χ4v) is 4.27. The molecule has 1 amide bonds. The third-order valence-electron chi connectivity index (χ3n) is 5.57. The van der Waals surface area contributed by atoms with Gasteiger partial charge in [-0.3, -0.25) is 19.8 Å². The van der Waals surface area contributed by atoms with Gasteiger partial charge in [-0.15, -0.1) is 11.8 Å². The summed E-state index contributed by atoms with van der Waals surface area (Å²) in [7, 11) is 0. The lowest BCUT2D eigenvalue weighted by Crippen LogP contribution is -2.29. The Kier molecular flexibility index (Phi) is 6.86. The Morgan fingerprint density at radius 1 is 1.06 bits per heavy atom. The van der Waals surface area contributed by atoms with Crippen molar-refractivity contribution in [2.75, 3.05) is 12.8 Å². The summed E-state index contributed by atoms with van der Waals surface area (Å²) in [6, 6.07) is 24.4. The van der Waals surface area contributed by atoms with E-state index >= 15 is 0 Å². The van der Waals surface area contributed by atoms with Crippen LogP contribution >= 0.6 is 11.8 Å². The molecule has 1 aliphatic rings. The molecule has 7 nitrogen and oxygen atoms in total. The maximum Gasteiger partial charge on any atom is 0.269 e. The first kappa shape index (κ1) is 22.7. The zero-order valence-corrected chi connectivity index (χ0v) is 19.2. The number of hydrogen-bond donors (Lipinski definition) is 0. The van der Waals surface area contributed by atoms with Crippen LogP contribution in [0.15, 0.2) is 88.9 Å².